The number of sulfonamides is 1. The van der Waals surface area contributed by atoms with E-state index < -0.39 is 40.0 Å². The molecular formula is C32H43Cl2N5O6S. The largest absolute Gasteiger partial charge is 0.372 e. The summed E-state index contributed by atoms with van der Waals surface area (Å²) in [6, 6.07) is 10.6. The van der Waals surface area contributed by atoms with Crippen LogP contribution in [0.5, 0.6) is 0 Å². The number of amides is 3. The van der Waals surface area contributed by atoms with Crippen molar-refractivity contribution >= 4 is 50.9 Å². The van der Waals surface area contributed by atoms with Gasteiger partial charge in [0.1, 0.15) is 12.1 Å². The van der Waals surface area contributed by atoms with Gasteiger partial charge in [0.25, 0.3) is 0 Å². The van der Waals surface area contributed by atoms with Crippen LogP contribution >= 0.6 is 23.2 Å². The average molecular weight is 697 g/mol. The van der Waals surface area contributed by atoms with E-state index >= 15 is 0 Å². The number of carbonyl (C=O) groups excluding carboxylic acids is 3. The molecule has 14 heteroatoms. The number of nitrogens with one attached hydrogen (secondary N) is 4. The fourth-order valence-electron chi connectivity index (χ4n) is 5.92. The van der Waals surface area contributed by atoms with Gasteiger partial charge in [-0.2, -0.15) is 0 Å². The minimum absolute atomic E-state index is 0.115. The summed E-state index contributed by atoms with van der Waals surface area (Å²) in [7, 11) is -3.71. The molecule has 2 heterocycles. The zero-order chi connectivity index (χ0) is 33.3. The molecule has 2 aromatic rings. The van der Waals surface area contributed by atoms with E-state index in [1.165, 1.54) is 11.8 Å². The highest BCUT2D eigenvalue weighted by molar-refractivity contribution is 7.88. The van der Waals surface area contributed by atoms with E-state index in [0.717, 1.165) is 48.9 Å². The third-order valence-electron chi connectivity index (χ3n) is 8.37. The van der Waals surface area contributed by atoms with Gasteiger partial charge in [0.2, 0.25) is 27.7 Å². The number of hydrogen-bond acceptors (Lipinski definition) is 7. The zero-order valence-corrected chi connectivity index (χ0v) is 28.5. The Kier molecular flexibility index (Phi) is 13.3. The van der Waals surface area contributed by atoms with E-state index in [4.69, 9.17) is 27.9 Å². The first-order chi connectivity index (χ1) is 21.9. The average Bonchev–Trinajstić information content (AvgIpc) is 3.45. The molecule has 3 amide bonds. The van der Waals surface area contributed by atoms with Crippen LogP contribution in [0.15, 0.2) is 42.5 Å². The lowest BCUT2D eigenvalue weighted by Gasteiger charge is -2.30. The normalized spacial score (nSPS) is 19.5. The first-order valence-electron chi connectivity index (χ1n) is 15.5. The van der Waals surface area contributed by atoms with E-state index in [2.05, 4.69) is 20.7 Å². The van der Waals surface area contributed by atoms with E-state index in [9.17, 15) is 22.8 Å². The van der Waals surface area contributed by atoms with Gasteiger partial charge in [0.05, 0.1) is 19.0 Å². The van der Waals surface area contributed by atoms with Crippen LogP contribution in [0.1, 0.15) is 55.7 Å². The van der Waals surface area contributed by atoms with Crippen LogP contribution in [0.25, 0.3) is 0 Å². The quantitative estimate of drug-likeness (QED) is 0.238. The Bertz CT molecular complexity index is 1470. The molecular weight excluding hydrogens is 653 g/mol. The van der Waals surface area contributed by atoms with Crippen molar-refractivity contribution in [1.82, 2.24) is 25.6 Å². The van der Waals surface area contributed by atoms with E-state index in [1.807, 2.05) is 12.1 Å². The van der Waals surface area contributed by atoms with Crippen molar-refractivity contribution in [1.29, 1.82) is 0 Å². The molecule has 0 aliphatic carbocycles. The van der Waals surface area contributed by atoms with Gasteiger partial charge in [-0.05, 0) is 85.6 Å². The predicted molar refractivity (Wildman–Crippen MR) is 178 cm³/mol. The number of halogens is 2. The van der Waals surface area contributed by atoms with Crippen LogP contribution in [0.2, 0.25) is 10.0 Å². The molecule has 2 aliphatic heterocycles. The molecule has 3 atom stereocenters. The SMILES string of the molecule is CC(=O)NCc1ccc(Cl)cc1CNC(=O)[C@@H]1C[C@@H](OCc2ccc(Cl)cc2)CN1C(=O)[C@@H](CCC1CCNCC1)NS(C)(=O)=O. The fourth-order valence-corrected chi connectivity index (χ4v) is 6.98. The van der Waals surface area contributed by atoms with E-state index in [1.54, 1.807) is 30.3 Å². The topological polar surface area (TPSA) is 146 Å². The van der Waals surface area contributed by atoms with E-state index in [-0.39, 0.29) is 38.6 Å². The highest BCUT2D eigenvalue weighted by Gasteiger charge is 2.42. The van der Waals surface area contributed by atoms with Crippen molar-refractivity contribution < 1.29 is 27.5 Å². The van der Waals surface area contributed by atoms with Gasteiger partial charge >= 0.3 is 0 Å². The number of rotatable bonds is 14. The molecule has 46 heavy (non-hydrogen) atoms. The Morgan fingerprint density at radius 1 is 1.00 bits per heavy atom. The Labute approximate surface area is 281 Å². The van der Waals surface area contributed by atoms with Crippen LogP contribution < -0.4 is 20.7 Å². The Morgan fingerprint density at radius 2 is 1.67 bits per heavy atom. The first-order valence-corrected chi connectivity index (χ1v) is 18.2. The molecule has 252 valence electrons. The lowest BCUT2D eigenvalue weighted by molar-refractivity contribution is -0.140. The highest BCUT2D eigenvalue weighted by Crippen LogP contribution is 2.26. The second-order valence-electron chi connectivity index (χ2n) is 12.1. The van der Waals surface area contributed by atoms with Crippen LogP contribution in [0, 0.1) is 5.92 Å². The lowest BCUT2D eigenvalue weighted by Crippen LogP contribution is -2.53. The Balaban J connectivity index is 1.51. The zero-order valence-electron chi connectivity index (χ0n) is 26.2. The molecule has 0 spiro atoms. The number of ether oxygens (including phenoxy) is 1. The minimum Gasteiger partial charge on any atom is -0.372 e. The summed E-state index contributed by atoms with van der Waals surface area (Å²) in [4.78, 5) is 40.8. The summed E-state index contributed by atoms with van der Waals surface area (Å²) < 4.78 is 33.4. The maximum atomic E-state index is 14.1. The minimum atomic E-state index is -3.71. The molecule has 0 saturated carbocycles. The monoisotopic (exact) mass is 695 g/mol. The number of carbonyl (C=O) groups is 3. The van der Waals surface area contributed by atoms with Crippen molar-refractivity contribution in [2.75, 3.05) is 25.9 Å². The lowest BCUT2D eigenvalue weighted by atomic mass is 9.91. The Morgan fingerprint density at radius 3 is 2.35 bits per heavy atom. The third kappa shape index (κ3) is 11.2. The molecule has 0 aromatic heterocycles. The van der Waals surface area contributed by atoms with Crippen LogP contribution in [0.3, 0.4) is 0 Å². The highest BCUT2D eigenvalue weighted by atomic mass is 35.5. The van der Waals surface area contributed by atoms with E-state index in [0.29, 0.717) is 28.8 Å². The van der Waals surface area contributed by atoms with Gasteiger partial charge in [-0.25, -0.2) is 13.1 Å². The second-order valence-corrected chi connectivity index (χ2v) is 14.7. The van der Waals surface area contributed by atoms with Crippen molar-refractivity contribution in [3.8, 4) is 0 Å². The molecule has 0 bridgehead atoms. The van der Waals surface area contributed by atoms with Gasteiger partial charge in [0.15, 0.2) is 0 Å². The van der Waals surface area contributed by atoms with Gasteiger partial charge in [-0.3, -0.25) is 14.4 Å². The van der Waals surface area contributed by atoms with Gasteiger partial charge < -0.3 is 25.6 Å². The maximum Gasteiger partial charge on any atom is 0.243 e. The first kappa shape index (κ1) is 36.1. The predicted octanol–water partition coefficient (Wildman–Crippen LogP) is 3.13. The number of piperidine rings is 1. The molecule has 0 unspecified atom stereocenters. The summed E-state index contributed by atoms with van der Waals surface area (Å²) in [5, 5.41) is 10.1. The molecule has 11 nitrogen and oxygen atoms in total. The smallest absolute Gasteiger partial charge is 0.243 e. The molecule has 2 aliphatic rings. The maximum absolute atomic E-state index is 14.1. The molecule has 2 aromatic carbocycles. The van der Waals surface area contributed by atoms with Crippen molar-refractivity contribution in [3.05, 3.63) is 69.2 Å². The van der Waals surface area contributed by atoms with Crippen molar-refractivity contribution in [3.63, 3.8) is 0 Å². The molecule has 2 fully saturated rings. The summed E-state index contributed by atoms with van der Waals surface area (Å²) >= 11 is 12.3. The number of likely N-dealkylation sites (tertiary alicyclic amines) is 1. The van der Waals surface area contributed by atoms with Gasteiger partial charge in [-0.15, -0.1) is 0 Å². The molecule has 0 radical (unpaired) electrons. The van der Waals surface area contributed by atoms with Crippen LogP contribution in [-0.2, 0) is 48.8 Å². The van der Waals surface area contributed by atoms with Crippen LogP contribution in [0.4, 0.5) is 0 Å². The number of benzene rings is 2. The van der Waals surface area contributed by atoms with Crippen molar-refractivity contribution in [2.45, 2.75) is 76.9 Å². The molecule has 4 rings (SSSR count). The summed E-state index contributed by atoms with van der Waals surface area (Å²) in [5.74, 6) is -0.651. The van der Waals surface area contributed by atoms with Gasteiger partial charge in [-0.1, -0.05) is 41.4 Å². The Hall–Kier alpha value is -2.74. The second kappa shape index (κ2) is 16.9. The standard InChI is InChI=1S/C32H43Cl2N5O6S/c1-21(40)36-17-24-6-9-27(34)15-25(24)18-37-31(41)30-16-28(45-20-23-3-7-26(33)8-4-23)19-39(30)32(42)29(38-46(2,43)44)10-5-22-11-13-35-14-12-22/h3-4,6-9,15,22,28-30,35,38H,5,10-14,16-20H2,1-2H3,(H,36,40)(H,37,41)/t28-,29-,30+/m1/s1. The summed E-state index contributed by atoms with van der Waals surface area (Å²) in [6.45, 7) is 3.98. The summed E-state index contributed by atoms with van der Waals surface area (Å²) in [5.41, 5.74) is 2.40. The number of nitrogens with zero attached hydrogens (tertiary/aromatic N) is 1. The van der Waals surface area contributed by atoms with Crippen molar-refractivity contribution in [2.24, 2.45) is 5.92 Å². The number of hydrogen-bond donors (Lipinski definition) is 4. The molecule has 4 N–H and O–H groups in total. The third-order valence-corrected chi connectivity index (χ3v) is 9.57. The fraction of sp³-hybridized carbons (Fsp3) is 0.531. The summed E-state index contributed by atoms with van der Waals surface area (Å²) in [6.07, 6.45) is 3.75. The van der Waals surface area contributed by atoms with Gasteiger partial charge in [0, 0.05) is 43.0 Å². The molecule has 2 saturated heterocycles. The van der Waals surface area contributed by atoms with Crippen LogP contribution in [-0.4, -0.2) is 75.1 Å².